The second-order valence-corrected chi connectivity index (χ2v) is 3.67. The molecule has 88 valence electrons. The van der Waals surface area contributed by atoms with Crippen LogP contribution in [0, 0.1) is 0 Å². The first-order valence-corrected chi connectivity index (χ1v) is 5.39. The van der Waals surface area contributed by atoms with Gasteiger partial charge in [0.25, 0.3) is 0 Å². The van der Waals surface area contributed by atoms with Crippen molar-refractivity contribution in [3.05, 3.63) is 49.7 Å². The van der Waals surface area contributed by atoms with Crippen LogP contribution < -0.4 is 0 Å². The SMILES string of the molecule is c1ncc2c[nH]cc2n1.c1nncc2c[nH]cc12. The molecular weight excluding hydrogens is 228 g/mol. The zero-order valence-electron chi connectivity index (χ0n) is 9.41. The van der Waals surface area contributed by atoms with Crippen molar-refractivity contribution in [2.45, 2.75) is 0 Å². The highest BCUT2D eigenvalue weighted by molar-refractivity contribution is 5.79. The molecule has 0 bridgehead atoms. The van der Waals surface area contributed by atoms with Crippen molar-refractivity contribution < 1.29 is 0 Å². The highest BCUT2D eigenvalue weighted by atomic mass is 15.1. The predicted molar refractivity (Wildman–Crippen MR) is 67.8 cm³/mol. The third-order valence-electron chi connectivity index (χ3n) is 2.50. The maximum absolute atomic E-state index is 4.00. The molecule has 0 amide bonds. The van der Waals surface area contributed by atoms with Crippen LogP contribution in [0.5, 0.6) is 0 Å². The zero-order chi connectivity index (χ0) is 12.2. The van der Waals surface area contributed by atoms with Crippen LogP contribution in [0.4, 0.5) is 0 Å². The van der Waals surface area contributed by atoms with Gasteiger partial charge in [-0.3, -0.25) is 0 Å². The van der Waals surface area contributed by atoms with Gasteiger partial charge in [-0.1, -0.05) is 0 Å². The van der Waals surface area contributed by atoms with Crippen LogP contribution >= 0.6 is 0 Å². The Bertz CT molecular complexity index is 631. The van der Waals surface area contributed by atoms with Gasteiger partial charge in [0, 0.05) is 47.1 Å². The number of fused-ring (bicyclic) bond motifs is 2. The number of aromatic amines is 2. The fourth-order valence-electron chi connectivity index (χ4n) is 1.59. The Balaban J connectivity index is 0.000000111. The first kappa shape index (κ1) is 10.4. The summed E-state index contributed by atoms with van der Waals surface area (Å²) in [7, 11) is 0. The fourth-order valence-corrected chi connectivity index (χ4v) is 1.59. The van der Waals surface area contributed by atoms with Gasteiger partial charge in [0.2, 0.25) is 0 Å². The van der Waals surface area contributed by atoms with Crippen LogP contribution in [-0.4, -0.2) is 30.1 Å². The Hall–Kier alpha value is -2.76. The molecule has 4 aromatic heterocycles. The topological polar surface area (TPSA) is 83.1 Å². The van der Waals surface area contributed by atoms with Crippen molar-refractivity contribution >= 4 is 21.7 Å². The first-order valence-electron chi connectivity index (χ1n) is 5.39. The molecule has 0 aliphatic rings. The van der Waals surface area contributed by atoms with E-state index in [1.807, 2.05) is 24.8 Å². The number of rotatable bonds is 0. The van der Waals surface area contributed by atoms with E-state index >= 15 is 0 Å². The quantitative estimate of drug-likeness (QED) is 0.490. The van der Waals surface area contributed by atoms with E-state index in [1.54, 1.807) is 18.6 Å². The molecular formula is C12H10N6. The summed E-state index contributed by atoms with van der Waals surface area (Å²) in [4.78, 5) is 13.7. The number of H-pyrrole nitrogens is 2. The van der Waals surface area contributed by atoms with Crippen molar-refractivity contribution in [1.29, 1.82) is 0 Å². The minimum absolute atomic E-state index is 0.963. The number of nitrogens with one attached hydrogen (secondary N) is 2. The van der Waals surface area contributed by atoms with Crippen molar-refractivity contribution in [2.24, 2.45) is 0 Å². The Labute approximate surface area is 102 Å². The van der Waals surface area contributed by atoms with Crippen molar-refractivity contribution in [3.8, 4) is 0 Å². The molecule has 0 unspecified atom stereocenters. The molecule has 0 aliphatic heterocycles. The molecule has 4 heterocycles. The molecule has 6 heteroatoms. The van der Waals surface area contributed by atoms with Crippen molar-refractivity contribution in [2.75, 3.05) is 0 Å². The number of hydrogen-bond acceptors (Lipinski definition) is 4. The second kappa shape index (κ2) is 4.62. The lowest BCUT2D eigenvalue weighted by Gasteiger charge is -1.80. The normalized spacial score (nSPS) is 10.2. The second-order valence-electron chi connectivity index (χ2n) is 3.67. The minimum atomic E-state index is 0.963. The smallest absolute Gasteiger partial charge is 0.116 e. The number of nitrogens with zero attached hydrogens (tertiary/aromatic N) is 4. The van der Waals surface area contributed by atoms with E-state index in [2.05, 4.69) is 30.1 Å². The van der Waals surface area contributed by atoms with Crippen molar-refractivity contribution in [3.63, 3.8) is 0 Å². The molecule has 0 aromatic carbocycles. The van der Waals surface area contributed by atoms with Crippen LogP contribution in [0.15, 0.2) is 49.7 Å². The highest BCUT2D eigenvalue weighted by Gasteiger charge is 1.90. The number of hydrogen-bond donors (Lipinski definition) is 2. The predicted octanol–water partition coefficient (Wildman–Crippen LogP) is 1.92. The summed E-state index contributed by atoms with van der Waals surface area (Å²) in [5.74, 6) is 0. The van der Waals surface area contributed by atoms with Gasteiger partial charge in [0.1, 0.15) is 6.33 Å². The maximum atomic E-state index is 4.00. The van der Waals surface area contributed by atoms with Gasteiger partial charge in [-0.05, 0) is 0 Å². The number of aromatic nitrogens is 6. The monoisotopic (exact) mass is 238 g/mol. The summed E-state index contributed by atoms with van der Waals surface area (Å²) in [5, 5.41) is 10.7. The van der Waals surface area contributed by atoms with E-state index in [4.69, 9.17) is 0 Å². The zero-order valence-corrected chi connectivity index (χ0v) is 9.41. The Morgan fingerprint density at radius 3 is 2.11 bits per heavy atom. The van der Waals surface area contributed by atoms with E-state index in [-0.39, 0.29) is 0 Å². The van der Waals surface area contributed by atoms with Gasteiger partial charge < -0.3 is 9.97 Å². The van der Waals surface area contributed by atoms with E-state index in [0.29, 0.717) is 0 Å². The third kappa shape index (κ3) is 2.03. The first-order chi connectivity index (χ1) is 8.93. The third-order valence-corrected chi connectivity index (χ3v) is 2.50. The summed E-state index contributed by atoms with van der Waals surface area (Å²) < 4.78 is 0. The molecule has 4 aromatic rings. The fraction of sp³-hybridized carbons (Fsp3) is 0. The van der Waals surface area contributed by atoms with E-state index in [1.165, 1.54) is 6.33 Å². The van der Waals surface area contributed by atoms with Crippen LogP contribution in [0.3, 0.4) is 0 Å². The molecule has 0 aliphatic carbocycles. The van der Waals surface area contributed by atoms with Gasteiger partial charge in [-0.2, -0.15) is 10.2 Å². The summed E-state index contributed by atoms with van der Waals surface area (Å²) in [5.41, 5.74) is 0.963. The summed E-state index contributed by atoms with van der Waals surface area (Å²) in [6.45, 7) is 0. The van der Waals surface area contributed by atoms with Crippen LogP contribution in [-0.2, 0) is 0 Å². The van der Waals surface area contributed by atoms with Crippen LogP contribution in [0.25, 0.3) is 21.7 Å². The van der Waals surface area contributed by atoms with Gasteiger partial charge in [0.15, 0.2) is 0 Å². The summed E-state index contributed by atoms with van der Waals surface area (Å²) >= 11 is 0. The average Bonchev–Trinajstić information content (AvgIpc) is 3.08. The molecule has 0 saturated heterocycles. The highest BCUT2D eigenvalue weighted by Crippen LogP contribution is 2.07. The van der Waals surface area contributed by atoms with Gasteiger partial charge in [0.05, 0.1) is 17.9 Å². The maximum Gasteiger partial charge on any atom is 0.116 e. The molecule has 0 fully saturated rings. The lowest BCUT2D eigenvalue weighted by Crippen LogP contribution is -1.73. The summed E-state index contributed by atoms with van der Waals surface area (Å²) in [6, 6.07) is 0. The van der Waals surface area contributed by atoms with Gasteiger partial charge >= 0.3 is 0 Å². The molecule has 2 N–H and O–H groups in total. The molecule has 0 saturated carbocycles. The van der Waals surface area contributed by atoms with Gasteiger partial charge in [-0.25, -0.2) is 9.97 Å². The Morgan fingerprint density at radius 1 is 0.722 bits per heavy atom. The lowest BCUT2D eigenvalue weighted by molar-refractivity contribution is 1.05. The average molecular weight is 238 g/mol. The Morgan fingerprint density at radius 2 is 1.39 bits per heavy atom. The molecule has 0 atom stereocenters. The molecule has 6 nitrogen and oxygen atoms in total. The standard InChI is InChI=1S/2C6H5N3/c1-5-3-8-9-4-6(5)2-7-1;1-5-2-8-4-9-6(5)3-7-1/h2*1-4,7H. The van der Waals surface area contributed by atoms with E-state index in [0.717, 1.165) is 21.7 Å². The van der Waals surface area contributed by atoms with Gasteiger partial charge in [-0.15, -0.1) is 0 Å². The molecule has 4 rings (SSSR count). The Kier molecular flexibility index (Phi) is 2.67. The minimum Gasteiger partial charge on any atom is -0.366 e. The largest absolute Gasteiger partial charge is 0.366 e. The summed E-state index contributed by atoms with van der Waals surface area (Å²) in [6.07, 6.45) is 14.3. The molecule has 18 heavy (non-hydrogen) atoms. The van der Waals surface area contributed by atoms with E-state index in [9.17, 15) is 0 Å². The van der Waals surface area contributed by atoms with Crippen LogP contribution in [0.1, 0.15) is 0 Å². The van der Waals surface area contributed by atoms with Crippen molar-refractivity contribution in [1.82, 2.24) is 30.1 Å². The van der Waals surface area contributed by atoms with E-state index < -0.39 is 0 Å². The molecule has 0 radical (unpaired) electrons. The van der Waals surface area contributed by atoms with Crippen LogP contribution in [0.2, 0.25) is 0 Å². The molecule has 0 spiro atoms. The lowest BCUT2D eigenvalue weighted by atomic mass is 10.3.